The Kier molecular flexibility index (Phi) is 5.59. The van der Waals surface area contributed by atoms with E-state index in [0.29, 0.717) is 5.95 Å². The highest BCUT2D eigenvalue weighted by Crippen LogP contribution is 2.24. The van der Waals surface area contributed by atoms with Crippen LogP contribution in [0.1, 0.15) is 36.8 Å². The molecule has 6 nitrogen and oxygen atoms in total. The van der Waals surface area contributed by atoms with E-state index in [-0.39, 0.29) is 17.0 Å². The molecule has 0 aliphatic rings. The Morgan fingerprint density at radius 2 is 1.75 bits per heavy atom. The van der Waals surface area contributed by atoms with Gasteiger partial charge in [-0.25, -0.2) is 9.97 Å². The summed E-state index contributed by atoms with van der Waals surface area (Å²) in [4.78, 5) is 21.0. The Balaban J connectivity index is 1.71. The highest BCUT2D eigenvalue weighted by molar-refractivity contribution is 6.03. The summed E-state index contributed by atoms with van der Waals surface area (Å²) in [6.07, 6.45) is 1.55. The van der Waals surface area contributed by atoms with E-state index >= 15 is 0 Å². The van der Waals surface area contributed by atoms with Crippen molar-refractivity contribution in [2.75, 3.05) is 17.7 Å². The molecule has 0 spiro atoms. The maximum Gasteiger partial charge on any atom is 0.274 e. The molecule has 144 valence electrons. The molecule has 0 saturated heterocycles. The minimum absolute atomic E-state index is 0.0654. The monoisotopic (exact) mass is 376 g/mol. The quantitative estimate of drug-likeness (QED) is 0.670. The maximum atomic E-state index is 12.6. The van der Waals surface area contributed by atoms with Crippen LogP contribution in [0, 0.1) is 0 Å². The Bertz CT molecular complexity index is 963. The highest BCUT2D eigenvalue weighted by atomic mass is 16.5. The molecule has 0 aliphatic heterocycles. The average molecular weight is 376 g/mol. The van der Waals surface area contributed by atoms with E-state index in [1.54, 1.807) is 19.4 Å². The van der Waals surface area contributed by atoms with Crippen LogP contribution in [0.3, 0.4) is 0 Å². The van der Waals surface area contributed by atoms with Crippen LogP contribution in [-0.4, -0.2) is 23.0 Å². The number of nitrogens with zero attached hydrogens (tertiary/aromatic N) is 2. The van der Waals surface area contributed by atoms with Gasteiger partial charge in [-0.2, -0.15) is 0 Å². The molecule has 1 heterocycles. The second-order valence-electron chi connectivity index (χ2n) is 7.40. The van der Waals surface area contributed by atoms with Crippen molar-refractivity contribution in [1.82, 2.24) is 9.97 Å². The first-order valence-electron chi connectivity index (χ1n) is 9.01. The molecule has 0 saturated carbocycles. The van der Waals surface area contributed by atoms with Crippen LogP contribution in [0.4, 0.5) is 17.3 Å². The van der Waals surface area contributed by atoms with Crippen molar-refractivity contribution in [3.63, 3.8) is 0 Å². The molecular weight excluding hydrogens is 352 g/mol. The number of anilines is 3. The summed E-state index contributed by atoms with van der Waals surface area (Å²) >= 11 is 0. The highest BCUT2D eigenvalue weighted by Gasteiger charge is 2.14. The van der Waals surface area contributed by atoms with Crippen molar-refractivity contribution < 1.29 is 9.53 Å². The minimum Gasteiger partial charge on any atom is -0.497 e. The van der Waals surface area contributed by atoms with Crippen molar-refractivity contribution in [2.24, 2.45) is 0 Å². The van der Waals surface area contributed by atoms with Gasteiger partial charge in [0, 0.05) is 23.6 Å². The van der Waals surface area contributed by atoms with Crippen LogP contribution < -0.4 is 15.4 Å². The zero-order chi connectivity index (χ0) is 20.1. The number of carbonyl (C=O) groups excluding carboxylic acids is 1. The number of amides is 1. The summed E-state index contributed by atoms with van der Waals surface area (Å²) in [6.45, 7) is 6.45. The second-order valence-corrected chi connectivity index (χ2v) is 7.40. The summed E-state index contributed by atoms with van der Waals surface area (Å²) in [5.74, 6) is 0.765. The van der Waals surface area contributed by atoms with E-state index in [0.717, 1.165) is 17.1 Å². The first-order chi connectivity index (χ1) is 13.3. The SMILES string of the molecule is COc1cccc(Nc2nccc(C(=O)Nc3ccc(C(C)(C)C)cc3)n2)c1. The lowest BCUT2D eigenvalue weighted by Gasteiger charge is -2.19. The average Bonchev–Trinajstić information content (AvgIpc) is 2.68. The number of hydrogen-bond donors (Lipinski definition) is 2. The molecule has 6 heteroatoms. The summed E-state index contributed by atoms with van der Waals surface area (Å²) in [7, 11) is 1.61. The van der Waals surface area contributed by atoms with E-state index in [2.05, 4.69) is 41.4 Å². The maximum absolute atomic E-state index is 12.6. The first kappa shape index (κ1) is 19.4. The smallest absolute Gasteiger partial charge is 0.274 e. The van der Waals surface area contributed by atoms with Gasteiger partial charge < -0.3 is 15.4 Å². The fourth-order valence-electron chi connectivity index (χ4n) is 2.62. The number of hydrogen-bond acceptors (Lipinski definition) is 5. The fraction of sp³-hybridized carbons (Fsp3) is 0.227. The van der Waals surface area contributed by atoms with Crippen LogP contribution in [0.25, 0.3) is 0 Å². The molecule has 1 aromatic heterocycles. The Labute approximate surface area is 165 Å². The van der Waals surface area contributed by atoms with E-state index in [1.807, 2.05) is 48.5 Å². The van der Waals surface area contributed by atoms with E-state index in [9.17, 15) is 4.79 Å². The molecule has 2 N–H and O–H groups in total. The summed E-state index contributed by atoms with van der Waals surface area (Å²) in [5.41, 5.74) is 3.04. The van der Waals surface area contributed by atoms with Crippen LogP contribution in [0.2, 0.25) is 0 Å². The van der Waals surface area contributed by atoms with E-state index < -0.39 is 0 Å². The number of rotatable bonds is 5. The Morgan fingerprint density at radius 1 is 1.00 bits per heavy atom. The lowest BCUT2D eigenvalue weighted by Crippen LogP contribution is -2.15. The minimum atomic E-state index is -0.292. The fourth-order valence-corrected chi connectivity index (χ4v) is 2.62. The molecule has 3 aromatic rings. The number of aromatic nitrogens is 2. The third kappa shape index (κ3) is 4.85. The van der Waals surface area contributed by atoms with Gasteiger partial charge in [0.05, 0.1) is 7.11 Å². The van der Waals surface area contributed by atoms with Gasteiger partial charge in [0.2, 0.25) is 5.95 Å². The zero-order valence-electron chi connectivity index (χ0n) is 16.5. The summed E-state index contributed by atoms with van der Waals surface area (Å²) < 4.78 is 5.21. The van der Waals surface area contributed by atoms with Crippen molar-refractivity contribution in [1.29, 1.82) is 0 Å². The number of nitrogens with one attached hydrogen (secondary N) is 2. The molecule has 0 aliphatic carbocycles. The molecule has 3 rings (SSSR count). The molecule has 0 fully saturated rings. The van der Waals surface area contributed by atoms with Crippen molar-refractivity contribution in [3.8, 4) is 5.75 Å². The Morgan fingerprint density at radius 3 is 2.43 bits per heavy atom. The zero-order valence-corrected chi connectivity index (χ0v) is 16.5. The topological polar surface area (TPSA) is 76.1 Å². The molecule has 0 bridgehead atoms. The molecule has 28 heavy (non-hydrogen) atoms. The van der Waals surface area contributed by atoms with Crippen LogP contribution in [-0.2, 0) is 5.41 Å². The second kappa shape index (κ2) is 8.08. The van der Waals surface area contributed by atoms with Crippen LogP contribution >= 0.6 is 0 Å². The molecule has 0 atom stereocenters. The number of carbonyl (C=O) groups is 1. The van der Waals surface area contributed by atoms with E-state index in [4.69, 9.17) is 4.74 Å². The number of ether oxygens (including phenoxy) is 1. The summed E-state index contributed by atoms with van der Waals surface area (Å²) in [6, 6.07) is 16.8. The van der Waals surface area contributed by atoms with Crippen LogP contribution in [0.15, 0.2) is 60.8 Å². The van der Waals surface area contributed by atoms with Crippen molar-refractivity contribution in [2.45, 2.75) is 26.2 Å². The Hall–Kier alpha value is -3.41. The van der Waals surface area contributed by atoms with E-state index in [1.165, 1.54) is 5.56 Å². The van der Waals surface area contributed by atoms with Crippen LogP contribution in [0.5, 0.6) is 5.75 Å². The van der Waals surface area contributed by atoms with Gasteiger partial charge in [-0.15, -0.1) is 0 Å². The standard InChI is InChI=1S/C22H24N4O2/c1-22(2,3)15-8-10-16(11-9-15)24-20(27)19-12-13-23-21(26-19)25-17-6-5-7-18(14-17)28-4/h5-14H,1-4H3,(H,24,27)(H,23,25,26). The van der Waals surface area contributed by atoms with Gasteiger partial charge in [0.15, 0.2) is 0 Å². The van der Waals surface area contributed by atoms with Crippen molar-refractivity contribution in [3.05, 3.63) is 72.1 Å². The van der Waals surface area contributed by atoms with Gasteiger partial charge in [-0.05, 0) is 41.3 Å². The molecule has 0 unspecified atom stereocenters. The predicted molar refractivity (Wildman–Crippen MR) is 111 cm³/mol. The number of methoxy groups -OCH3 is 1. The molecule has 2 aromatic carbocycles. The third-order valence-corrected chi connectivity index (χ3v) is 4.22. The van der Waals surface area contributed by atoms with Crippen molar-refractivity contribution >= 4 is 23.2 Å². The molecular formula is C22H24N4O2. The largest absolute Gasteiger partial charge is 0.497 e. The third-order valence-electron chi connectivity index (χ3n) is 4.22. The predicted octanol–water partition coefficient (Wildman–Crippen LogP) is 4.78. The lowest BCUT2D eigenvalue weighted by atomic mass is 9.87. The van der Waals surface area contributed by atoms with Gasteiger partial charge in [0.1, 0.15) is 11.4 Å². The van der Waals surface area contributed by atoms with Gasteiger partial charge in [-0.1, -0.05) is 39.0 Å². The molecule has 0 radical (unpaired) electrons. The lowest BCUT2D eigenvalue weighted by molar-refractivity contribution is 0.102. The van der Waals surface area contributed by atoms with Gasteiger partial charge in [0.25, 0.3) is 5.91 Å². The first-order valence-corrected chi connectivity index (χ1v) is 9.01. The normalized spacial score (nSPS) is 11.0. The van der Waals surface area contributed by atoms with Gasteiger partial charge >= 0.3 is 0 Å². The van der Waals surface area contributed by atoms with Gasteiger partial charge in [-0.3, -0.25) is 4.79 Å². The molecule has 1 amide bonds. The summed E-state index contributed by atoms with van der Waals surface area (Å²) in [5, 5.41) is 5.95. The number of benzene rings is 2.